The summed E-state index contributed by atoms with van der Waals surface area (Å²) in [6.07, 6.45) is 10.9. The largest absolute Gasteiger partial charge is 0.349 e. The van der Waals surface area contributed by atoms with Crippen molar-refractivity contribution in [1.29, 1.82) is 0 Å². The number of rotatable bonds is 5. The highest BCUT2D eigenvalue weighted by Crippen LogP contribution is 2.29. The summed E-state index contributed by atoms with van der Waals surface area (Å²) in [4.78, 5) is 18.5. The number of nitrogens with zero attached hydrogens (tertiary/aromatic N) is 2. The molecule has 0 spiro atoms. The maximum atomic E-state index is 15.2. The number of amides is 1. The number of nitrogens with one attached hydrogen (secondary N) is 1. The Balaban J connectivity index is 1.52. The average molecular weight is 333 g/mol. The van der Waals surface area contributed by atoms with Crippen LogP contribution >= 0.6 is 0 Å². The molecular weight excluding hydrogens is 305 g/mol. The van der Waals surface area contributed by atoms with Crippen LogP contribution < -0.4 is 5.32 Å². The summed E-state index contributed by atoms with van der Waals surface area (Å²) in [6, 6.07) is 3.67. The van der Waals surface area contributed by atoms with Crippen molar-refractivity contribution >= 4 is 5.91 Å². The fourth-order valence-corrected chi connectivity index (χ4v) is 4.01. The zero-order valence-electron chi connectivity index (χ0n) is 14.3. The Kier molecular flexibility index (Phi) is 5.82. The number of carbonyl (C=O) groups is 1. The predicted molar refractivity (Wildman–Crippen MR) is 92.2 cm³/mol. The first kappa shape index (κ1) is 17.3. The predicted octanol–water partition coefficient (Wildman–Crippen LogP) is 3.08. The van der Waals surface area contributed by atoms with E-state index in [4.69, 9.17) is 0 Å². The number of likely N-dealkylation sites (tertiary alicyclic amines) is 1. The second kappa shape index (κ2) is 8.06. The molecule has 24 heavy (non-hydrogen) atoms. The zero-order chi connectivity index (χ0) is 16.8. The summed E-state index contributed by atoms with van der Waals surface area (Å²) in [7, 11) is 0. The van der Waals surface area contributed by atoms with Crippen LogP contribution in [0.5, 0.6) is 0 Å². The average Bonchev–Trinajstić information content (AvgIpc) is 2.61. The summed E-state index contributed by atoms with van der Waals surface area (Å²) in [5.74, 6) is 0.216. The van der Waals surface area contributed by atoms with Crippen LogP contribution in [-0.2, 0) is 11.3 Å². The molecule has 1 unspecified atom stereocenters. The second-order valence-corrected chi connectivity index (χ2v) is 7.35. The van der Waals surface area contributed by atoms with Crippen LogP contribution in [0.1, 0.15) is 50.5 Å². The van der Waals surface area contributed by atoms with Gasteiger partial charge in [0.05, 0.1) is 0 Å². The molecule has 1 saturated carbocycles. The third-order valence-corrected chi connectivity index (χ3v) is 5.37. The van der Waals surface area contributed by atoms with Crippen molar-refractivity contribution in [1.82, 2.24) is 15.2 Å². The molecule has 5 heteroatoms. The van der Waals surface area contributed by atoms with E-state index in [0.29, 0.717) is 18.9 Å². The van der Waals surface area contributed by atoms with E-state index in [1.165, 1.54) is 32.1 Å². The van der Waals surface area contributed by atoms with Crippen LogP contribution in [0.4, 0.5) is 4.39 Å². The Morgan fingerprint density at radius 1 is 1.25 bits per heavy atom. The smallest absolute Gasteiger partial charge is 0.259 e. The number of halogens is 1. The molecule has 1 amide bonds. The van der Waals surface area contributed by atoms with Gasteiger partial charge in [-0.2, -0.15) is 0 Å². The molecular formula is C19H28FN3O. The van der Waals surface area contributed by atoms with Gasteiger partial charge >= 0.3 is 0 Å². The topological polar surface area (TPSA) is 45.2 Å². The molecule has 0 bridgehead atoms. The van der Waals surface area contributed by atoms with Crippen LogP contribution in [0.2, 0.25) is 0 Å². The normalized spacial score (nSPS) is 26.2. The summed E-state index contributed by atoms with van der Waals surface area (Å²) < 4.78 is 15.2. The Morgan fingerprint density at radius 3 is 2.75 bits per heavy atom. The Bertz CT molecular complexity index is 533. The van der Waals surface area contributed by atoms with E-state index >= 15 is 4.39 Å². The van der Waals surface area contributed by atoms with E-state index in [1.54, 1.807) is 12.4 Å². The van der Waals surface area contributed by atoms with Gasteiger partial charge in [0, 0.05) is 32.0 Å². The molecule has 1 N–H and O–H groups in total. The molecule has 1 atom stereocenters. The van der Waals surface area contributed by atoms with Crippen molar-refractivity contribution in [2.45, 2.75) is 57.2 Å². The van der Waals surface area contributed by atoms with E-state index in [1.807, 2.05) is 12.1 Å². The molecule has 1 aromatic heterocycles. The van der Waals surface area contributed by atoms with Crippen LogP contribution in [0, 0.1) is 5.92 Å². The van der Waals surface area contributed by atoms with Gasteiger partial charge in [-0.15, -0.1) is 0 Å². The minimum Gasteiger partial charge on any atom is -0.349 e. The molecule has 132 valence electrons. The van der Waals surface area contributed by atoms with Gasteiger partial charge in [0.25, 0.3) is 5.91 Å². The van der Waals surface area contributed by atoms with Gasteiger partial charge in [0.1, 0.15) is 0 Å². The number of alkyl halides is 1. The lowest BCUT2D eigenvalue weighted by Gasteiger charge is -2.38. The molecule has 1 saturated heterocycles. The van der Waals surface area contributed by atoms with E-state index in [2.05, 4.69) is 15.2 Å². The number of aromatic nitrogens is 1. The highest BCUT2D eigenvalue weighted by Gasteiger charge is 2.42. The minimum absolute atomic E-state index is 0.242. The minimum atomic E-state index is -1.75. The van der Waals surface area contributed by atoms with Gasteiger partial charge in [-0.25, -0.2) is 4.39 Å². The third kappa shape index (κ3) is 4.53. The highest BCUT2D eigenvalue weighted by atomic mass is 19.1. The number of pyridine rings is 1. The van der Waals surface area contributed by atoms with Crippen molar-refractivity contribution in [3.8, 4) is 0 Å². The lowest BCUT2D eigenvalue weighted by molar-refractivity contribution is -0.137. The number of carbonyl (C=O) groups excluding carboxylic acids is 1. The van der Waals surface area contributed by atoms with Gasteiger partial charge in [-0.05, 0) is 55.8 Å². The molecule has 1 aromatic rings. The first-order valence-electron chi connectivity index (χ1n) is 9.24. The lowest BCUT2D eigenvalue weighted by atomic mass is 9.87. The fourth-order valence-electron chi connectivity index (χ4n) is 4.01. The van der Waals surface area contributed by atoms with Crippen LogP contribution in [0.25, 0.3) is 0 Å². The van der Waals surface area contributed by atoms with E-state index < -0.39 is 11.6 Å². The second-order valence-electron chi connectivity index (χ2n) is 7.35. The summed E-state index contributed by atoms with van der Waals surface area (Å²) in [6.45, 7) is 2.46. The quantitative estimate of drug-likeness (QED) is 0.901. The molecule has 1 aliphatic heterocycles. The summed E-state index contributed by atoms with van der Waals surface area (Å²) >= 11 is 0. The van der Waals surface area contributed by atoms with Crippen LogP contribution in [0.3, 0.4) is 0 Å². The zero-order valence-corrected chi connectivity index (χ0v) is 14.3. The monoisotopic (exact) mass is 333 g/mol. The molecule has 2 heterocycles. The van der Waals surface area contributed by atoms with E-state index in [9.17, 15) is 4.79 Å². The van der Waals surface area contributed by atoms with E-state index in [-0.39, 0.29) is 6.54 Å². The molecule has 2 fully saturated rings. The van der Waals surface area contributed by atoms with Gasteiger partial charge < -0.3 is 5.32 Å². The van der Waals surface area contributed by atoms with Crippen molar-refractivity contribution in [2.24, 2.45) is 5.92 Å². The van der Waals surface area contributed by atoms with Gasteiger partial charge in [-0.3, -0.25) is 14.7 Å². The molecule has 0 radical (unpaired) electrons. The first-order chi connectivity index (χ1) is 11.7. The summed E-state index contributed by atoms with van der Waals surface area (Å²) in [5.41, 5.74) is -0.809. The maximum Gasteiger partial charge on any atom is 0.259 e. The Labute approximate surface area is 143 Å². The Morgan fingerprint density at radius 2 is 2.00 bits per heavy atom. The lowest BCUT2D eigenvalue weighted by Crippen LogP contribution is -2.55. The number of hydrogen-bond acceptors (Lipinski definition) is 3. The number of piperidine rings is 1. The highest BCUT2D eigenvalue weighted by molar-refractivity contribution is 5.85. The fraction of sp³-hybridized carbons (Fsp3) is 0.684. The maximum absolute atomic E-state index is 15.2. The van der Waals surface area contributed by atoms with Crippen molar-refractivity contribution in [2.75, 3.05) is 19.6 Å². The number of hydrogen-bond donors (Lipinski definition) is 1. The van der Waals surface area contributed by atoms with Crippen molar-refractivity contribution in [3.05, 3.63) is 30.1 Å². The SMILES string of the molecule is O=C(NCc1ccncc1)C1(F)CCCN(CC2CCCCC2)C1. The molecule has 0 aromatic carbocycles. The van der Waals surface area contributed by atoms with Gasteiger partial charge in [-0.1, -0.05) is 19.3 Å². The third-order valence-electron chi connectivity index (χ3n) is 5.37. The molecule has 4 nitrogen and oxygen atoms in total. The summed E-state index contributed by atoms with van der Waals surface area (Å²) in [5, 5.41) is 2.76. The van der Waals surface area contributed by atoms with Gasteiger partial charge in [0.15, 0.2) is 0 Å². The van der Waals surface area contributed by atoms with Crippen molar-refractivity contribution in [3.63, 3.8) is 0 Å². The van der Waals surface area contributed by atoms with Gasteiger partial charge in [0.2, 0.25) is 5.67 Å². The first-order valence-corrected chi connectivity index (χ1v) is 9.24. The standard InChI is InChI=1S/C19H28FN3O/c20-19(18(24)22-13-16-7-10-21-11-8-16)9-4-12-23(15-19)14-17-5-2-1-3-6-17/h7-8,10-11,17H,1-6,9,12-15H2,(H,22,24). The molecule has 1 aliphatic carbocycles. The van der Waals surface area contributed by atoms with E-state index in [0.717, 1.165) is 25.1 Å². The molecule has 2 aliphatic rings. The van der Waals surface area contributed by atoms with Crippen LogP contribution in [-0.4, -0.2) is 41.1 Å². The van der Waals surface area contributed by atoms with Crippen LogP contribution in [0.15, 0.2) is 24.5 Å². The van der Waals surface area contributed by atoms with Crippen molar-refractivity contribution < 1.29 is 9.18 Å². The Hall–Kier alpha value is -1.49. The molecule has 3 rings (SSSR count).